The lowest BCUT2D eigenvalue weighted by Gasteiger charge is -2.50. The predicted octanol–water partition coefficient (Wildman–Crippen LogP) is 16.9. The third-order valence-corrected chi connectivity index (χ3v) is 14.3. The zero-order valence-corrected chi connectivity index (χ0v) is 46.4. The van der Waals surface area contributed by atoms with Crippen LogP contribution in [0.2, 0.25) is 0 Å². The maximum Gasteiger partial charge on any atom is 0.312 e. The molecular formula is C63H86O8. The summed E-state index contributed by atoms with van der Waals surface area (Å²) in [6.07, 6.45) is 3.19. The van der Waals surface area contributed by atoms with Crippen LogP contribution in [-0.2, 0) is 14.3 Å². The highest BCUT2D eigenvalue weighted by Gasteiger charge is 2.49. The second-order valence-corrected chi connectivity index (χ2v) is 25.7. The lowest BCUT2D eigenvalue weighted by molar-refractivity contribution is -0.167. The lowest BCUT2D eigenvalue weighted by Crippen LogP contribution is -2.52. The third-order valence-electron chi connectivity index (χ3n) is 14.3. The normalized spacial score (nSPS) is 14.5. The minimum atomic E-state index is -0.630. The van der Waals surface area contributed by atoms with Crippen LogP contribution in [0, 0.1) is 40.9 Å². The highest BCUT2D eigenvalue weighted by molar-refractivity contribution is 5.85. The summed E-state index contributed by atoms with van der Waals surface area (Å²) >= 11 is 0. The molecule has 0 bridgehead atoms. The molecule has 0 saturated heterocycles. The summed E-state index contributed by atoms with van der Waals surface area (Å²) in [6.45, 7) is 36.7. The monoisotopic (exact) mass is 971 g/mol. The number of carbonyl (C=O) groups is 1. The molecule has 0 aliphatic carbocycles. The van der Waals surface area contributed by atoms with E-state index < -0.39 is 33.6 Å². The standard InChI is InChI=1S/C63H86O8/c1-42-21-25-44(26-22-42)51-34-46-29-31-48(36-53(46)68-51)70-61(13,14)40-59(9,10)55(67-50(38-64)20-18-19-33-66-56(65)63(17,58(6,7)8)39-57(3,4)5)60(11,12)41-62(15,16)71-49-32-30-47-35-52(69-54(47)37-49)45-27-23-43(2)24-28-45/h21-32,34-37,50,55,64H,18-20,33,38-41H2,1-17H3. The van der Waals surface area contributed by atoms with Crippen molar-refractivity contribution in [2.24, 2.45) is 27.1 Å². The Bertz CT molecular complexity index is 2550. The summed E-state index contributed by atoms with van der Waals surface area (Å²) in [4.78, 5) is 13.7. The minimum Gasteiger partial charge on any atom is -0.488 e. The fourth-order valence-electron chi connectivity index (χ4n) is 11.3. The van der Waals surface area contributed by atoms with Crippen molar-refractivity contribution in [1.82, 2.24) is 0 Å². The van der Waals surface area contributed by atoms with E-state index in [2.05, 4.69) is 184 Å². The topological polar surface area (TPSA) is 101 Å². The molecule has 0 fully saturated rings. The number of carbonyl (C=O) groups excluding carboxylic acids is 1. The second kappa shape index (κ2) is 21.2. The second-order valence-electron chi connectivity index (χ2n) is 25.7. The number of benzene rings is 4. The summed E-state index contributed by atoms with van der Waals surface area (Å²) in [6, 6.07) is 33.0. The van der Waals surface area contributed by atoms with Crippen LogP contribution >= 0.6 is 0 Å². The molecule has 0 saturated carbocycles. The van der Waals surface area contributed by atoms with E-state index in [1.54, 1.807) is 0 Å². The molecule has 6 aromatic rings. The van der Waals surface area contributed by atoms with Crippen molar-refractivity contribution < 1.29 is 37.7 Å². The zero-order chi connectivity index (χ0) is 52.4. The Kier molecular flexibility index (Phi) is 16.5. The SMILES string of the molecule is Cc1ccc(-c2cc3ccc(OC(C)(C)CC(C)(C)C(OC(CO)CCCCOC(=O)C(C)(CC(C)(C)C)C(C)(C)C)C(C)(C)CC(C)(C)Oc4ccc5cc(-c6ccc(C)cc6)oc5c4)cc3o2)cc1. The Morgan fingerprint density at radius 3 is 1.39 bits per heavy atom. The first kappa shape index (κ1) is 55.3. The van der Waals surface area contributed by atoms with Gasteiger partial charge in [0.15, 0.2) is 0 Å². The molecule has 8 nitrogen and oxygen atoms in total. The Morgan fingerprint density at radius 2 is 1.00 bits per heavy atom. The minimum absolute atomic E-state index is 0.0326. The van der Waals surface area contributed by atoms with Crippen LogP contribution in [0.5, 0.6) is 11.5 Å². The first-order valence-corrected chi connectivity index (χ1v) is 25.9. The largest absolute Gasteiger partial charge is 0.488 e. The molecule has 6 rings (SSSR count). The number of hydrogen-bond acceptors (Lipinski definition) is 8. The smallest absolute Gasteiger partial charge is 0.312 e. The Morgan fingerprint density at radius 1 is 0.563 bits per heavy atom. The van der Waals surface area contributed by atoms with Gasteiger partial charge >= 0.3 is 5.97 Å². The van der Waals surface area contributed by atoms with Gasteiger partial charge in [0.1, 0.15) is 45.4 Å². The van der Waals surface area contributed by atoms with Crippen molar-refractivity contribution in [3.8, 4) is 34.1 Å². The Labute approximate surface area is 426 Å². The van der Waals surface area contributed by atoms with E-state index >= 15 is 0 Å². The van der Waals surface area contributed by atoms with Gasteiger partial charge in [0, 0.05) is 34.0 Å². The van der Waals surface area contributed by atoms with Crippen LogP contribution in [-0.4, -0.2) is 47.7 Å². The number of rotatable bonds is 22. The summed E-state index contributed by atoms with van der Waals surface area (Å²) in [7, 11) is 0. The van der Waals surface area contributed by atoms with Crippen molar-refractivity contribution in [2.75, 3.05) is 13.2 Å². The van der Waals surface area contributed by atoms with E-state index in [4.69, 9.17) is 27.8 Å². The third kappa shape index (κ3) is 14.3. The fourth-order valence-corrected chi connectivity index (χ4v) is 11.3. The van der Waals surface area contributed by atoms with E-state index in [0.717, 1.165) is 68.9 Å². The van der Waals surface area contributed by atoms with Crippen LogP contribution in [0.3, 0.4) is 0 Å². The molecule has 2 aromatic heterocycles. The summed E-state index contributed by atoms with van der Waals surface area (Å²) in [5.74, 6) is 2.94. The molecule has 0 spiro atoms. The molecule has 0 radical (unpaired) electrons. The maximum atomic E-state index is 13.7. The van der Waals surface area contributed by atoms with E-state index in [1.165, 1.54) is 11.1 Å². The average molecular weight is 971 g/mol. The van der Waals surface area contributed by atoms with E-state index in [0.29, 0.717) is 32.3 Å². The van der Waals surface area contributed by atoms with Crippen molar-refractivity contribution >= 4 is 27.9 Å². The van der Waals surface area contributed by atoms with Gasteiger partial charge in [0.2, 0.25) is 0 Å². The zero-order valence-electron chi connectivity index (χ0n) is 46.4. The van der Waals surface area contributed by atoms with Crippen LogP contribution in [0.1, 0.15) is 154 Å². The molecule has 386 valence electrons. The molecule has 8 heteroatoms. The van der Waals surface area contributed by atoms with Gasteiger partial charge in [0.25, 0.3) is 0 Å². The molecule has 0 amide bonds. The van der Waals surface area contributed by atoms with E-state index in [-0.39, 0.29) is 29.5 Å². The first-order chi connectivity index (χ1) is 32.9. The number of ether oxygens (including phenoxy) is 4. The summed E-state index contributed by atoms with van der Waals surface area (Å²) in [5, 5.41) is 13.0. The quantitative estimate of drug-likeness (QED) is 0.0530. The van der Waals surface area contributed by atoms with Gasteiger partial charge in [-0.25, -0.2) is 0 Å². The Hall–Kier alpha value is -5.05. The van der Waals surface area contributed by atoms with Crippen molar-refractivity contribution in [3.63, 3.8) is 0 Å². The van der Waals surface area contributed by atoms with Gasteiger partial charge < -0.3 is 32.9 Å². The molecule has 4 aromatic carbocycles. The highest BCUT2D eigenvalue weighted by Crippen LogP contribution is 2.49. The van der Waals surface area contributed by atoms with Crippen LogP contribution in [0.25, 0.3) is 44.6 Å². The van der Waals surface area contributed by atoms with Gasteiger partial charge in [-0.3, -0.25) is 4.79 Å². The molecule has 71 heavy (non-hydrogen) atoms. The molecule has 2 heterocycles. The van der Waals surface area contributed by atoms with Crippen molar-refractivity contribution in [2.45, 2.75) is 180 Å². The van der Waals surface area contributed by atoms with Gasteiger partial charge in [-0.15, -0.1) is 0 Å². The Balaban J connectivity index is 1.20. The number of unbranched alkanes of at least 4 members (excludes halogenated alkanes) is 1. The number of aryl methyl sites for hydroxylation is 2. The van der Waals surface area contributed by atoms with Gasteiger partial charge in [0.05, 0.1) is 30.8 Å². The average Bonchev–Trinajstić information content (AvgIpc) is 3.87. The molecule has 2 unspecified atom stereocenters. The molecule has 1 N–H and O–H groups in total. The van der Waals surface area contributed by atoms with Crippen molar-refractivity contribution in [1.29, 1.82) is 0 Å². The van der Waals surface area contributed by atoms with Gasteiger partial charge in [-0.2, -0.15) is 0 Å². The molecule has 0 aliphatic heterocycles. The van der Waals surface area contributed by atoms with E-state index in [1.807, 2.05) is 31.2 Å². The van der Waals surface area contributed by atoms with E-state index in [9.17, 15) is 9.90 Å². The maximum absolute atomic E-state index is 13.7. The van der Waals surface area contributed by atoms with Crippen LogP contribution in [0.4, 0.5) is 0 Å². The first-order valence-electron chi connectivity index (χ1n) is 25.9. The molecule has 0 aliphatic rings. The summed E-state index contributed by atoms with van der Waals surface area (Å²) in [5.41, 5.74) is 2.88. The van der Waals surface area contributed by atoms with Crippen molar-refractivity contribution in [3.05, 3.63) is 108 Å². The lowest BCUT2D eigenvalue weighted by atomic mass is 9.61. The highest BCUT2D eigenvalue weighted by atomic mass is 16.5. The number of hydrogen-bond donors (Lipinski definition) is 1. The van der Waals surface area contributed by atoms with Gasteiger partial charge in [-0.05, 0) is 145 Å². The molecule has 2 atom stereocenters. The number of furan rings is 2. The number of aliphatic hydroxyl groups excluding tert-OH is 1. The summed E-state index contributed by atoms with van der Waals surface area (Å²) < 4.78 is 39.7. The predicted molar refractivity (Wildman–Crippen MR) is 291 cm³/mol. The number of esters is 1. The van der Waals surface area contributed by atoms with Crippen LogP contribution in [0.15, 0.2) is 106 Å². The number of aliphatic hydroxyl groups is 1. The molecular weight excluding hydrogens is 885 g/mol. The van der Waals surface area contributed by atoms with Crippen LogP contribution < -0.4 is 9.47 Å². The fraction of sp³-hybridized carbons (Fsp3) is 0.540. The van der Waals surface area contributed by atoms with Gasteiger partial charge in [-0.1, -0.05) is 129 Å². The number of fused-ring (bicyclic) bond motifs is 2.